The highest BCUT2D eigenvalue weighted by molar-refractivity contribution is 7.15. The van der Waals surface area contributed by atoms with E-state index in [0.717, 1.165) is 24.8 Å². The van der Waals surface area contributed by atoms with E-state index in [1.807, 2.05) is 11.3 Å². The zero-order valence-corrected chi connectivity index (χ0v) is 13.3. The number of anilines is 1. The minimum absolute atomic E-state index is 0.628. The van der Waals surface area contributed by atoms with E-state index in [2.05, 4.69) is 17.1 Å². The molecule has 5 heteroatoms. The Morgan fingerprint density at radius 2 is 2.25 bits per heavy atom. The molecule has 0 bridgehead atoms. The van der Waals surface area contributed by atoms with Gasteiger partial charge >= 0.3 is 0 Å². The van der Waals surface area contributed by atoms with Crippen LogP contribution in [-0.4, -0.2) is 30.7 Å². The van der Waals surface area contributed by atoms with Crippen LogP contribution in [0.4, 0.5) is 5.13 Å². The van der Waals surface area contributed by atoms with Crippen molar-refractivity contribution in [3.63, 3.8) is 0 Å². The van der Waals surface area contributed by atoms with E-state index in [9.17, 15) is 0 Å². The lowest BCUT2D eigenvalue weighted by Crippen LogP contribution is -2.28. The summed E-state index contributed by atoms with van der Waals surface area (Å²) in [5.74, 6) is 0. The van der Waals surface area contributed by atoms with Crippen molar-refractivity contribution in [2.75, 3.05) is 18.6 Å². The van der Waals surface area contributed by atoms with Gasteiger partial charge in [0.2, 0.25) is 0 Å². The number of rotatable bonds is 7. The number of nitrogens with one attached hydrogen (secondary N) is 1. The highest BCUT2D eigenvalue weighted by Crippen LogP contribution is 2.33. The molecule has 4 nitrogen and oxygen atoms in total. The van der Waals surface area contributed by atoms with Crippen LogP contribution in [0.15, 0.2) is 0 Å². The predicted molar refractivity (Wildman–Crippen MR) is 83.3 cm³/mol. The van der Waals surface area contributed by atoms with Crippen molar-refractivity contribution in [2.24, 2.45) is 0 Å². The van der Waals surface area contributed by atoms with Gasteiger partial charge in [-0.15, -0.1) is 11.3 Å². The average molecular weight is 295 g/mol. The Morgan fingerprint density at radius 3 is 2.95 bits per heavy atom. The van der Waals surface area contributed by atoms with Gasteiger partial charge < -0.3 is 15.0 Å². The summed E-state index contributed by atoms with van der Waals surface area (Å²) >= 11 is 1.86. The lowest BCUT2D eigenvalue weighted by atomic mass is 10.2. The van der Waals surface area contributed by atoms with Gasteiger partial charge in [-0.1, -0.05) is 6.92 Å². The molecule has 0 aromatic carbocycles. The van der Waals surface area contributed by atoms with Crippen LogP contribution in [-0.2, 0) is 17.9 Å². The van der Waals surface area contributed by atoms with E-state index in [4.69, 9.17) is 9.72 Å². The fourth-order valence-corrected chi connectivity index (χ4v) is 4.03. The third-order valence-electron chi connectivity index (χ3n) is 4.27. The molecular formula is C15H25N3OS. The largest absolute Gasteiger partial charge is 0.378 e. The molecule has 1 aliphatic carbocycles. The Kier molecular flexibility index (Phi) is 4.58. The average Bonchev–Trinajstić information content (AvgIpc) is 3.01. The Hall–Kier alpha value is -0.650. The van der Waals surface area contributed by atoms with E-state index < -0.39 is 0 Å². The SMILES string of the molecule is CCC1CCCN1c1nc(COC)c(CNC2CC2)s1. The molecule has 2 aliphatic rings. The second kappa shape index (κ2) is 6.41. The molecule has 1 aromatic heterocycles. The van der Waals surface area contributed by atoms with Crippen molar-refractivity contribution in [2.45, 2.75) is 64.3 Å². The number of ether oxygens (including phenoxy) is 1. The number of hydrogen-bond acceptors (Lipinski definition) is 5. The van der Waals surface area contributed by atoms with Crippen LogP contribution < -0.4 is 10.2 Å². The van der Waals surface area contributed by atoms with Crippen LogP contribution in [0.3, 0.4) is 0 Å². The smallest absolute Gasteiger partial charge is 0.186 e. The third-order valence-corrected chi connectivity index (χ3v) is 5.41. The monoisotopic (exact) mass is 295 g/mol. The molecule has 1 saturated carbocycles. The van der Waals surface area contributed by atoms with E-state index in [1.165, 1.54) is 42.1 Å². The van der Waals surface area contributed by atoms with Crippen LogP contribution in [0.2, 0.25) is 0 Å². The number of aromatic nitrogens is 1. The van der Waals surface area contributed by atoms with Crippen molar-refractivity contribution >= 4 is 16.5 Å². The van der Waals surface area contributed by atoms with Crippen LogP contribution >= 0.6 is 11.3 Å². The number of thiazole rings is 1. The molecule has 1 unspecified atom stereocenters. The molecule has 1 atom stereocenters. The number of nitrogens with zero attached hydrogens (tertiary/aromatic N) is 2. The summed E-state index contributed by atoms with van der Waals surface area (Å²) < 4.78 is 5.32. The van der Waals surface area contributed by atoms with Crippen molar-refractivity contribution < 1.29 is 4.74 Å². The van der Waals surface area contributed by atoms with Gasteiger partial charge in [0.15, 0.2) is 5.13 Å². The van der Waals surface area contributed by atoms with E-state index in [-0.39, 0.29) is 0 Å². The van der Waals surface area contributed by atoms with Gasteiger partial charge in [0.25, 0.3) is 0 Å². The van der Waals surface area contributed by atoms with E-state index in [1.54, 1.807) is 7.11 Å². The predicted octanol–water partition coefficient (Wildman–Crippen LogP) is 2.92. The lowest BCUT2D eigenvalue weighted by Gasteiger charge is -2.22. The summed E-state index contributed by atoms with van der Waals surface area (Å²) in [6.45, 7) is 5.02. The van der Waals surface area contributed by atoms with E-state index >= 15 is 0 Å². The minimum atomic E-state index is 0.628. The van der Waals surface area contributed by atoms with Gasteiger partial charge in [-0.2, -0.15) is 0 Å². The second-order valence-electron chi connectivity index (χ2n) is 5.85. The molecule has 112 valence electrons. The molecule has 2 heterocycles. The first kappa shape index (κ1) is 14.3. The summed E-state index contributed by atoms with van der Waals surface area (Å²) in [5, 5.41) is 4.80. The van der Waals surface area contributed by atoms with Crippen LogP contribution in [0.1, 0.15) is 49.6 Å². The first-order valence-corrected chi connectivity index (χ1v) is 8.61. The molecule has 0 radical (unpaired) electrons. The lowest BCUT2D eigenvalue weighted by molar-refractivity contribution is 0.181. The molecule has 3 rings (SSSR count). The Bertz CT molecular complexity index is 444. The Labute approximate surface area is 125 Å². The molecule has 0 amide bonds. The standard InChI is InChI=1S/C15H25N3OS/c1-3-12-5-4-8-18(12)15-17-13(10-19-2)14(20-15)9-16-11-6-7-11/h11-12,16H,3-10H2,1-2H3. The van der Waals surface area contributed by atoms with Crippen molar-refractivity contribution in [3.8, 4) is 0 Å². The molecule has 1 saturated heterocycles. The highest BCUT2D eigenvalue weighted by atomic mass is 32.1. The van der Waals surface area contributed by atoms with Gasteiger partial charge in [0, 0.05) is 37.2 Å². The summed E-state index contributed by atoms with van der Waals surface area (Å²) in [4.78, 5) is 8.72. The first-order valence-electron chi connectivity index (χ1n) is 7.79. The van der Waals surface area contributed by atoms with Crippen LogP contribution in [0.5, 0.6) is 0 Å². The zero-order chi connectivity index (χ0) is 13.9. The minimum Gasteiger partial charge on any atom is -0.378 e. The number of methoxy groups -OCH3 is 1. The van der Waals surface area contributed by atoms with Crippen molar-refractivity contribution in [1.82, 2.24) is 10.3 Å². The molecule has 1 aromatic rings. The van der Waals surface area contributed by atoms with E-state index in [0.29, 0.717) is 12.6 Å². The molecule has 2 fully saturated rings. The van der Waals surface area contributed by atoms with Crippen molar-refractivity contribution in [3.05, 3.63) is 10.6 Å². The molecule has 0 spiro atoms. The second-order valence-corrected chi connectivity index (χ2v) is 6.91. The normalized spacial score (nSPS) is 22.7. The van der Waals surface area contributed by atoms with Crippen LogP contribution in [0, 0.1) is 0 Å². The topological polar surface area (TPSA) is 37.4 Å². The number of hydrogen-bond donors (Lipinski definition) is 1. The quantitative estimate of drug-likeness (QED) is 0.839. The van der Waals surface area contributed by atoms with Gasteiger partial charge in [0.1, 0.15) is 0 Å². The Balaban J connectivity index is 1.74. The zero-order valence-electron chi connectivity index (χ0n) is 12.5. The molecular weight excluding hydrogens is 270 g/mol. The maximum atomic E-state index is 5.32. The summed E-state index contributed by atoms with van der Waals surface area (Å²) in [7, 11) is 1.75. The fraction of sp³-hybridized carbons (Fsp3) is 0.800. The fourth-order valence-electron chi connectivity index (χ4n) is 2.92. The first-order chi connectivity index (χ1) is 9.81. The third kappa shape index (κ3) is 3.15. The van der Waals surface area contributed by atoms with Gasteiger partial charge in [-0.3, -0.25) is 0 Å². The summed E-state index contributed by atoms with van der Waals surface area (Å²) in [6.07, 6.45) is 6.48. The highest BCUT2D eigenvalue weighted by Gasteiger charge is 2.27. The van der Waals surface area contributed by atoms with Gasteiger partial charge in [-0.25, -0.2) is 4.98 Å². The summed E-state index contributed by atoms with van der Waals surface area (Å²) in [5.41, 5.74) is 1.13. The maximum absolute atomic E-state index is 5.32. The Morgan fingerprint density at radius 1 is 1.40 bits per heavy atom. The molecule has 1 aliphatic heterocycles. The molecule has 1 N–H and O–H groups in total. The van der Waals surface area contributed by atoms with Gasteiger partial charge in [-0.05, 0) is 32.1 Å². The summed E-state index contributed by atoms with van der Waals surface area (Å²) in [6, 6.07) is 1.42. The van der Waals surface area contributed by atoms with Crippen LogP contribution in [0.25, 0.3) is 0 Å². The van der Waals surface area contributed by atoms with Crippen molar-refractivity contribution in [1.29, 1.82) is 0 Å². The molecule has 20 heavy (non-hydrogen) atoms. The van der Waals surface area contributed by atoms with Gasteiger partial charge in [0.05, 0.1) is 12.3 Å². The maximum Gasteiger partial charge on any atom is 0.186 e.